The standard InChI is InChI=1S/C19H19FN2O2/c1-21-18(23)14-4-2-12(3-5-14)11-22-19(24)17-10-16(17)13-6-8-15(20)9-7-13/h2-9,16-17H,10-11H2,1H3,(H,21,23)(H,22,24). The zero-order valence-electron chi connectivity index (χ0n) is 13.4. The minimum Gasteiger partial charge on any atom is -0.355 e. The molecule has 3 rings (SSSR count). The van der Waals surface area contributed by atoms with Crippen molar-refractivity contribution < 1.29 is 14.0 Å². The van der Waals surface area contributed by atoms with Crippen molar-refractivity contribution in [1.82, 2.24) is 10.6 Å². The lowest BCUT2D eigenvalue weighted by atomic mass is 10.1. The third-order valence-electron chi connectivity index (χ3n) is 4.34. The third-order valence-corrected chi connectivity index (χ3v) is 4.34. The maximum atomic E-state index is 12.9. The molecule has 2 aromatic carbocycles. The van der Waals surface area contributed by atoms with E-state index in [1.807, 2.05) is 12.1 Å². The predicted molar refractivity (Wildman–Crippen MR) is 88.9 cm³/mol. The van der Waals surface area contributed by atoms with Crippen LogP contribution < -0.4 is 10.6 Å². The summed E-state index contributed by atoms with van der Waals surface area (Å²) in [4.78, 5) is 23.7. The van der Waals surface area contributed by atoms with Crippen LogP contribution in [0.4, 0.5) is 4.39 Å². The Balaban J connectivity index is 1.51. The van der Waals surface area contributed by atoms with Gasteiger partial charge in [0, 0.05) is 25.1 Å². The van der Waals surface area contributed by atoms with Crippen LogP contribution in [-0.2, 0) is 11.3 Å². The fourth-order valence-corrected chi connectivity index (χ4v) is 2.80. The van der Waals surface area contributed by atoms with Gasteiger partial charge in [-0.25, -0.2) is 4.39 Å². The highest BCUT2D eigenvalue weighted by Gasteiger charge is 2.43. The highest BCUT2D eigenvalue weighted by atomic mass is 19.1. The molecule has 124 valence electrons. The second-order valence-corrected chi connectivity index (χ2v) is 5.99. The molecule has 5 heteroatoms. The molecular formula is C19H19FN2O2. The summed E-state index contributed by atoms with van der Waals surface area (Å²) in [5, 5.41) is 5.49. The molecule has 0 heterocycles. The molecule has 1 aliphatic rings. The van der Waals surface area contributed by atoms with Crippen molar-refractivity contribution in [1.29, 1.82) is 0 Å². The van der Waals surface area contributed by atoms with Gasteiger partial charge in [0.1, 0.15) is 5.82 Å². The summed E-state index contributed by atoms with van der Waals surface area (Å²) in [6, 6.07) is 13.5. The van der Waals surface area contributed by atoms with Crippen molar-refractivity contribution in [3.8, 4) is 0 Å². The molecule has 1 aliphatic carbocycles. The van der Waals surface area contributed by atoms with Crippen molar-refractivity contribution in [3.63, 3.8) is 0 Å². The number of amides is 2. The minimum atomic E-state index is -0.263. The van der Waals surface area contributed by atoms with Gasteiger partial charge in [-0.15, -0.1) is 0 Å². The first-order chi connectivity index (χ1) is 11.6. The molecule has 1 saturated carbocycles. The Hall–Kier alpha value is -2.69. The molecule has 0 aliphatic heterocycles. The summed E-state index contributed by atoms with van der Waals surface area (Å²) in [5.41, 5.74) is 2.53. The molecule has 2 unspecified atom stereocenters. The average molecular weight is 326 g/mol. The molecule has 0 radical (unpaired) electrons. The normalized spacial score (nSPS) is 18.8. The van der Waals surface area contributed by atoms with Crippen LogP contribution in [0.15, 0.2) is 48.5 Å². The molecular weight excluding hydrogens is 307 g/mol. The fourth-order valence-electron chi connectivity index (χ4n) is 2.80. The molecule has 2 amide bonds. The summed E-state index contributed by atoms with van der Waals surface area (Å²) in [5.74, 6) is -0.243. The lowest BCUT2D eigenvalue weighted by Gasteiger charge is -2.06. The molecule has 0 spiro atoms. The first-order valence-electron chi connectivity index (χ1n) is 7.92. The SMILES string of the molecule is CNC(=O)c1ccc(CNC(=O)C2CC2c2ccc(F)cc2)cc1. The number of benzene rings is 2. The van der Waals surface area contributed by atoms with E-state index >= 15 is 0 Å². The molecule has 4 nitrogen and oxygen atoms in total. The number of nitrogens with one attached hydrogen (secondary N) is 2. The maximum absolute atomic E-state index is 12.9. The van der Waals surface area contributed by atoms with Gasteiger partial charge in [-0.1, -0.05) is 24.3 Å². The summed E-state index contributed by atoms with van der Waals surface area (Å²) in [6.07, 6.45) is 0.799. The van der Waals surface area contributed by atoms with Gasteiger partial charge in [0.25, 0.3) is 5.91 Å². The summed E-state index contributed by atoms with van der Waals surface area (Å²) < 4.78 is 12.9. The Morgan fingerprint density at radius 3 is 2.38 bits per heavy atom. The van der Waals surface area contributed by atoms with E-state index < -0.39 is 0 Å². The molecule has 0 bridgehead atoms. The Labute approximate surface area is 140 Å². The Kier molecular flexibility index (Phi) is 4.60. The van der Waals surface area contributed by atoms with Crippen molar-refractivity contribution in [3.05, 3.63) is 71.0 Å². The molecule has 2 aromatic rings. The average Bonchev–Trinajstić information content (AvgIpc) is 3.41. The quantitative estimate of drug-likeness (QED) is 0.887. The van der Waals surface area contributed by atoms with Crippen molar-refractivity contribution in [2.45, 2.75) is 18.9 Å². The lowest BCUT2D eigenvalue weighted by molar-refractivity contribution is -0.122. The molecule has 2 N–H and O–H groups in total. The Morgan fingerprint density at radius 2 is 1.75 bits per heavy atom. The third kappa shape index (κ3) is 3.62. The van der Waals surface area contributed by atoms with E-state index in [0.717, 1.165) is 17.5 Å². The highest BCUT2D eigenvalue weighted by molar-refractivity contribution is 5.93. The van der Waals surface area contributed by atoms with E-state index in [1.165, 1.54) is 12.1 Å². The second-order valence-electron chi connectivity index (χ2n) is 5.99. The largest absolute Gasteiger partial charge is 0.355 e. The zero-order chi connectivity index (χ0) is 17.1. The van der Waals surface area contributed by atoms with Crippen molar-refractivity contribution >= 4 is 11.8 Å². The molecule has 2 atom stereocenters. The number of hydrogen-bond acceptors (Lipinski definition) is 2. The van der Waals surface area contributed by atoms with Gasteiger partial charge in [0.05, 0.1) is 0 Å². The van der Waals surface area contributed by atoms with Crippen LogP contribution >= 0.6 is 0 Å². The van der Waals surface area contributed by atoms with Crippen LogP contribution in [0.25, 0.3) is 0 Å². The number of carbonyl (C=O) groups excluding carboxylic acids is 2. The van der Waals surface area contributed by atoms with E-state index in [2.05, 4.69) is 10.6 Å². The van der Waals surface area contributed by atoms with E-state index in [9.17, 15) is 14.0 Å². The van der Waals surface area contributed by atoms with Crippen LogP contribution in [0, 0.1) is 11.7 Å². The highest BCUT2D eigenvalue weighted by Crippen LogP contribution is 2.47. The number of carbonyl (C=O) groups is 2. The van der Waals surface area contributed by atoms with Crippen LogP contribution in [0.3, 0.4) is 0 Å². The van der Waals surface area contributed by atoms with Gasteiger partial charge >= 0.3 is 0 Å². The van der Waals surface area contributed by atoms with Crippen LogP contribution in [0.5, 0.6) is 0 Å². The molecule has 0 saturated heterocycles. The van der Waals surface area contributed by atoms with Gasteiger partial charge < -0.3 is 10.6 Å². The zero-order valence-corrected chi connectivity index (χ0v) is 13.4. The van der Waals surface area contributed by atoms with Crippen LogP contribution in [0.2, 0.25) is 0 Å². The summed E-state index contributed by atoms with van der Waals surface area (Å²) in [6.45, 7) is 0.430. The first-order valence-corrected chi connectivity index (χ1v) is 7.92. The summed E-state index contributed by atoms with van der Waals surface area (Å²) in [7, 11) is 1.59. The van der Waals surface area contributed by atoms with Crippen LogP contribution in [0.1, 0.15) is 33.8 Å². The monoisotopic (exact) mass is 326 g/mol. The van der Waals surface area contributed by atoms with Gasteiger partial charge in [-0.3, -0.25) is 9.59 Å². The van der Waals surface area contributed by atoms with Crippen molar-refractivity contribution in [2.24, 2.45) is 5.92 Å². The van der Waals surface area contributed by atoms with E-state index in [1.54, 1.807) is 31.3 Å². The van der Waals surface area contributed by atoms with Gasteiger partial charge in [0.2, 0.25) is 5.91 Å². The topological polar surface area (TPSA) is 58.2 Å². The molecule has 1 fully saturated rings. The van der Waals surface area contributed by atoms with Gasteiger partial charge in [-0.2, -0.15) is 0 Å². The number of hydrogen-bond donors (Lipinski definition) is 2. The predicted octanol–water partition coefficient (Wildman–Crippen LogP) is 2.61. The second kappa shape index (κ2) is 6.83. The van der Waals surface area contributed by atoms with Crippen molar-refractivity contribution in [2.75, 3.05) is 7.05 Å². The van der Waals surface area contributed by atoms with E-state index in [4.69, 9.17) is 0 Å². The molecule has 0 aromatic heterocycles. The fraction of sp³-hybridized carbons (Fsp3) is 0.263. The Morgan fingerprint density at radius 1 is 1.08 bits per heavy atom. The molecule has 24 heavy (non-hydrogen) atoms. The van der Waals surface area contributed by atoms with E-state index in [-0.39, 0.29) is 29.5 Å². The Bertz CT molecular complexity index is 741. The van der Waals surface area contributed by atoms with Crippen LogP contribution in [-0.4, -0.2) is 18.9 Å². The number of halogens is 1. The maximum Gasteiger partial charge on any atom is 0.251 e. The summed E-state index contributed by atoms with van der Waals surface area (Å²) >= 11 is 0. The minimum absolute atomic E-state index is 0.0136. The smallest absolute Gasteiger partial charge is 0.251 e. The van der Waals surface area contributed by atoms with Gasteiger partial charge in [-0.05, 0) is 47.7 Å². The van der Waals surface area contributed by atoms with E-state index in [0.29, 0.717) is 12.1 Å². The lowest BCUT2D eigenvalue weighted by Crippen LogP contribution is -2.25. The first kappa shape index (κ1) is 16.2. The van der Waals surface area contributed by atoms with Gasteiger partial charge in [0.15, 0.2) is 0 Å². The number of rotatable bonds is 5.